The molecule has 0 atom stereocenters. The molecule has 2 nitrogen and oxygen atoms in total. The Labute approximate surface area is 367 Å². The molecule has 0 saturated heterocycles. The minimum absolute atomic E-state index is 0.934. The fourth-order valence-electron chi connectivity index (χ4n) is 9.78. The van der Waals surface area contributed by atoms with Crippen LogP contribution in [0.15, 0.2) is 231 Å². The van der Waals surface area contributed by atoms with Crippen LogP contribution < -0.4 is 0 Å². The summed E-state index contributed by atoms with van der Waals surface area (Å²) in [5.74, 6) is 0.934. The molecule has 0 amide bonds. The van der Waals surface area contributed by atoms with Gasteiger partial charge < -0.3 is 0 Å². The van der Waals surface area contributed by atoms with E-state index in [4.69, 9.17) is 4.98 Å². The molecule has 0 N–H and O–H groups in total. The number of hydrogen-bond donors (Lipinski definition) is 0. The van der Waals surface area contributed by atoms with Crippen molar-refractivity contribution in [2.24, 2.45) is 0 Å². The second-order valence-corrected chi connectivity index (χ2v) is 16.7. The van der Waals surface area contributed by atoms with Crippen LogP contribution in [0.5, 0.6) is 0 Å². The van der Waals surface area contributed by atoms with Crippen LogP contribution in [0.25, 0.3) is 105 Å². The Morgan fingerprint density at radius 3 is 1.71 bits per heavy atom. The smallest absolute Gasteiger partial charge is 0.145 e. The van der Waals surface area contributed by atoms with Gasteiger partial charge in [-0.2, -0.15) is 0 Å². The van der Waals surface area contributed by atoms with Gasteiger partial charge in [0, 0.05) is 11.3 Å². The average molecular weight is 803 g/mol. The summed E-state index contributed by atoms with van der Waals surface area (Å²) < 4.78 is 2.29. The quantitative estimate of drug-likeness (QED) is 0.140. The number of imidazole rings is 1. The lowest BCUT2D eigenvalue weighted by molar-refractivity contribution is 0.963. The number of para-hydroxylation sites is 2. The predicted molar refractivity (Wildman–Crippen MR) is 267 cm³/mol. The summed E-state index contributed by atoms with van der Waals surface area (Å²) in [4.78, 5) is 5.12. The van der Waals surface area contributed by atoms with Crippen molar-refractivity contribution >= 4 is 54.1 Å². The van der Waals surface area contributed by atoms with E-state index < -0.39 is 0 Å². The van der Waals surface area contributed by atoms with Gasteiger partial charge in [-0.3, -0.25) is 4.57 Å². The van der Waals surface area contributed by atoms with Gasteiger partial charge >= 0.3 is 0 Å². The molecule has 2 heteroatoms. The second-order valence-electron chi connectivity index (χ2n) is 16.7. The van der Waals surface area contributed by atoms with Gasteiger partial charge in [-0.1, -0.05) is 182 Å². The molecule has 296 valence electrons. The third-order valence-electron chi connectivity index (χ3n) is 12.8. The van der Waals surface area contributed by atoms with Crippen LogP contribution in [0.4, 0.5) is 0 Å². The number of fused-ring (bicyclic) bond motifs is 7. The Kier molecular flexibility index (Phi) is 9.01. The first-order valence-corrected chi connectivity index (χ1v) is 21.9. The summed E-state index contributed by atoms with van der Waals surface area (Å²) in [5, 5.41) is 10.1. The highest BCUT2D eigenvalue weighted by molar-refractivity contribution is 6.23. The molecule has 0 fully saturated rings. The second kappa shape index (κ2) is 15.4. The first kappa shape index (κ1) is 36.8. The van der Waals surface area contributed by atoms with Crippen molar-refractivity contribution in [3.63, 3.8) is 0 Å². The van der Waals surface area contributed by atoms with Gasteiger partial charge in [-0.05, 0) is 149 Å². The molecule has 0 aliphatic heterocycles. The normalized spacial score (nSPS) is 11.6. The average Bonchev–Trinajstić information content (AvgIpc) is 3.75. The molecule has 12 rings (SSSR count). The fourth-order valence-corrected chi connectivity index (χ4v) is 9.78. The van der Waals surface area contributed by atoms with Crippen LogP contribution in [0.3, 0.4) is 0 Å². The monoisotopic (exact) mass is 802 g/mol. The largest absolute Gasteiger partial charge is 0.292 e. The summed E-state index contributed by atoms with van der Waals surface area (Å²) in [6.45, 7) is 0. The molecule has 0 radical (unpaired) electrons. The fraction of sp³-hybridized carbons (Fsp3) is 0.0328. The Balaban J connectivity index is 1.06. The predicted octanol–water partition coefficient (Wildman–Crippen LogP) is 16.1. The van der Waals surface area contributed by atoms with Crippen LogP contribution in [0.1, 0.15) is 11.1 Å². The highest BCUT2D eigenvalue weighted by atomic mass is 15.1. The van der Waals surface area contributed by atoms with Crippen molar-refractivity contribution in [1.29, 1.82) is 0 Å². The van der Waals surface area contributed by atoms with E-state index in [-0.39, 0.29) is 0 Å². The number of nitrogens with zero attached hydrogens (tertiary/aromatic N) is 2. The molecule has 0 aliphatic rings. The van der Waals surface area contributed by atoms with Crippen LogP contribution in [0, 0.1) is 0 Å². The van der Waals surface area contributed by atoms with Crippen molar-refractivity contribution in [1.82, 2.24) is 9.55 Å². The Morgan fingerprint density at radius 1 is 0.333 bits per heavy atom. The van der Waals surface area contributed by atoms with E-state index in [9.17, 15) is 0 Å². The summed E-state index contributed by atoms with van der Waals surface area (Å²) >= 11 is 0. The molecule has 0 unspecified atom stereocenters. The van der Waals surface area contributed by atoms with Crippen LogP contribution >= 0.6 is 0 Å². The minimum atomic E-state index is 0.934. The van der Waals surface area contributed by atoms with E-state index in [1.807, 2.05) is 0 Å². The van der Waals surface area contributed by atoms with Crippen molar-refractivity contribution in [3.05, 3.63) is 242 Å². The zero-order valence-electron chi connectivity index (χ0n) is 34.7. The van der Waals surface area contributed by atoms with E-state index in [0.717, 1.165) is 46.5 Å². The number of rotatable bonds is 8. The van der Waals surface area contributed by atoms with E-state index in [1.165, 1.54) is 82.0 Å². The van der Waals surface area contributed by atoms with Gasteiger partial charge in [-0.15, -0.1) is 0 Å². The number of aryl methyl sites for hydroxylation is 2. The molecular weight excluding hydrogens is 761 g/mol. The topological polar surface area (TPSA) is 17.8 Å². The summed E-state index contributed by atoms with van der Waals surface area (Å²) in [6, 6.07) is 84.4. The third kappa shape index (κ3) is 6.65. The molecule has 0 spiro atoms. The van der Waals surface area contributed by atoms with Gasteiger partial charge in [0.25, 0.3) is 0 Å². The molecule has 11 aromatic carbocycles. The van der Waals surface area contributed by atoms with E-state index in [1.54, 1.807) is 0 Å². The van der Waals surface area contributed by atoms with Gasteiger partial charge in [0.15, 0.2) is 0 Å². The Morgan fingerprint density at radius 2 is 0.921 bits per heavy atom. The summed E-state index contributed by atoms with van der Waals surface area (Å²) in [7, 11) is 0. The minimum Gasteiger partial charge on any atom is -0.292 e. The number of hydrogen-bond acceptors (Lipinski definition) is 1. The van der Waals surface area contributed by atoms with Crippen molar-refractivity contribution in [2.75, 3.05) is 0 Å². The van der Waals surface area contributed by atoms with Gasteiger partial charge in [0.05, 0.1) is 11.0 Å². The first-order valence-electron chi connectivity index (χ1n) is 21.9. The molecule has 1 aromatic heterocycles. The molecule has 63 heavy (non-hydrogen) atoms. The maximum atomic E-state index is 5.12. The lowest BCUT2D eigenvalue weighted by Gasteiger charge is -2.17. The number of benzene rings is 11. The third-order valence-corrected chi connectivity index (χ3v) is 12.8. The SMILES string of the molecule is c1ccc(CCc2cc(-c3cc(-c4ccc(-n5c(-c6ccccc6)nc6ccccc65)cc4)cc(-c4cc5ccc6ccccc6c5c5ccccc45)c3)c3ccccc3c2)cc1. The lowest BCUT2D eigenvalue weighted by Crippen LogP contribution is -1.97. The molecule has 1 heterocycles. The molecule has 12 aromatic rings. The first-order chi connectivity index (χ1) is 31.2. The zero-order chi connectivity index (χ0) is 41.7. The summed E-state index contributed by atoms with van der Waals surface area (Å²) in [5.41, 5.74) is 14.2. The summed E-state index contributed by atoms with van der Waals surface area (Å²) in [6.07, 6.45) is 1.96. The Bertz CT molecular complexity index is 3660. The van der Waals surface area contributed by atoms with E-state index in [2.05, 4.69) is 235 Å². The highest BCUT2D eigenvalue weighted by Gasteiger charge is 2.18. The van der Waals surface area contributed by atoms with E-state index in [0.29, 0.717) is 0 Å². The van der Waals surface area contributed by atoms with Crippen LogP contribution in [-0.2, 0) is 12.8 Å². The van der Waals surface area contributed by atoms with Gasteiger partial charge in [0.1, 0.15) is 5.82 Å². The van der Waals surface area contributed by atoms with Crippen LogP contribution in [0.2, 0.25) is 0 Å². The zero-order valence-corrected chi connectivity index (χ0v) is 34.7. The molecular formula is C61H42N2. The molecule has 0 aliphatic carbocycles. The van der Waals surface area contributed by atoms with E-state index >= 15 is 0 Å². The van der Waals surface area contributed by atoms with Crippen molar-refractivity contribution in [2.45, 2.75) is 12.8 Å². The molecule has 0 saturated carbocycles. The van der Waals surface area contributed by atoms with Crippen molar-refractivity contribution in [3.8, 4) is 50.5 Å². The maximum absolute atomic E-state index is 5.12. The maximum Gasteiger partial charge on any atom is 0.145 e. The standard InChI is InChI=1S/C61H42N2/c1-3-15-41(16-4-1)27-28-42-35-46-20-8-9-21-52(46)56(36-42)49-37-48(43-31-33-51(34-32-43)63-59-26-14-13-25-58(59)62-61(63)45-18-5-2-6-19-45)38-50(39-49)57-40-47-30-29-44-17-7-10-22-53(44)60(47)55-24-12-11-23-54(55)57/h1-26,29-40H,27-28H2. The highest BCUT2D eigenvalue weighted by Crippen LogP contribution is 2.42. The number of aromatic nitrogens is 2. The van der Waals surface area contributed by atoms with Gasteiger partial charge in [-0.25, -0.2) is 4.98 Å². The van der Waals surface area contributed by atoms with Crippen LogP contribution in [-0.4, -0.2) is 9.55 Å². The van der Waals surface area contributed by atoms with Crippen molar-refractivity contribution < 1.29 is 0 Å². The lowest BCUT2D eigenvalue weighted by atomic mass is 9.87. The van der Waals surface area contributed by atoms with Gasteiger partial charge in [0.2, 0.25) is 0 Å². The molecule has 0 bridgehead atoms. The Hall–Kier alpha value is -8.07.